The summed E-state index contributed by atoms with van der Waals surface area (Å²) in [6, 6.07) is 13.3. The summed E-state index contributed by atoms with van der Waals surface area (Å²) in [5, 5.41) is 2.58. The van der Waals surface area contributed by atoms with Crippen molar-refractivity contribution in [3.05, 3.63) is 65.5 Å². The van der Waals surface area contributed by atoms with E-state index in [0.29, 0.717) is 17.9 Å². The van der Waals surface area contributed by atoms with Crippen LogP contribution in [0.15, 0.2) is 48.5 Å². The van der Waals surface area contributed by atoms with Crippen molar-refractivity contribution in [2.24, 2.45) is 0 Å². The standard InChI is InChI=1S/C21H26FNO4S/c1-28(25,26)16-14-23-21(24)18-8-12-20(13-9-18)27-15-4-2-3-5-17-6-10-19(22)11-7-17/h6-13H,2-5,14-16H2,1H3,(H,23,24). The predicted molar refractivity (Wildman–Crippen MR) is 108 cm³/mol. The number of aryl methyl sites for hydroxylation is 1. The zero-order valence-corrected chi connectivity index (χ0v) is 16.8. The number of rotatable bonds is 11. The molecule has 0 aromatic heterocycles. The van der Waals surface area contributed by atoms with Crippen molar-refractivity contribution in [3.63, 3.8) is 0 Å². The average Bonchev–Trinajstić information content (AvgIpc) is 2.65. The highest BCUT2D eigenvalue weighted by atomic mass is 32.2. The smallest absolute Gasteiger partial charge is 0.251 e. The monoisotopic (exact) mass is 407 g/mol. The molecule has 0 fully saturated rings. The minimum atomic E-state index is -3.09. The van der Waals surface area contributed by atoms with Gasteiger partial charge in [0.25, 0.3) is 5.91 Å². The Balaban J connectivity index is 1.62. The van der Waals surface area contributed by atoms with Crippen molar-refractivity contribution in [1.82, 2.24) is 5.32 Å². The number of unbranched alkanes of at least 4 members (excludes halogenated alkanes) is 2. The molecule has 0 saturated carbocycles. The van der Waals surface area contributed by atoms with Crippen LogP contribution in [0.5, 0.6) is 5.75 Å². The van der Waals surface area contributed by atoms with Gasteiger partial charge in [0.1, 0.15) is 21.4 Å². The summed E-state index contributed by atoms with van der Waals surface area (Å²) in [5.41, 5.74) is 1.59. The molecule has 0 heterocycles. The Morgan fingerprint density at radius 3 is 2.32 bits per heavy atom. The molecule has 1 amide bonds. The number of ether oxygens (including phenoxy) is 1. The molecule has 0 aliphatic carbocycles. The fourth-order valence-electron chi connectivity index (χ4n) is 2.60. The lowest BCUT2D eigenvalue weighted by Crippen LogP contribution is -2.28. The second-order valence-electron chi connectivity index (χ2n) is 6.70. The van der Waals surface area contributed by atoms with Gasteiger partial charge < -0.3 is 10.1 Å². The van der Waals surface area contributed by atoms with Gasteiger partial charge in [0.15, 0.2) is 0 Å². The van der Waals surface area contributed by atoms with Crippen molar-refractivity contribution in [2.75, 3.05) is 25.2 Å². The summed E-state index contributed by atoms with van der Waals surface area (Å²) in [4.78, 5) is 11.9. The topological polar surface area (TPSA) is 72.5 Å². The van der Waals surface area contributed by atoms with Crippen LogP contribution in [0.1, 0.15) is 35.2 Å². The molecule has 0 radical (unpaired) electrons. The van der Waals surface area contributed by atoms with Crippen LogP contribution in [0.2, 0.25) is 0 Å². The molecular formula is C21H26FNO4S. The van der Waals surface area contributed by atoms with E-state index < -0.39 is 9.84 Å². The maximum Gasteiger partial charge on any atom is 0.251 e. The van der Waals surface area contributed by atoms with Crippen molar-refractivity contribution in [3.8, 4) is 5.75 Å². The van der Waals surface area contributed by atoms with E-state index in [0.717, 1.165) is 37.5 Å². The fourth-order valence-corrected chi connectivity index (χ4v) is 3.08. The lowest BCUT2D eigenvalue weighted by molar-refractivity contribution is 0.0956. The molecule has 1 N–H and O–H groups in total. The van der Waals surface area contributed by atoms with E-state index in [1.807, 2.05) is 12.1 Å². The maximum atomic E-state index is 12.8. The largest absolute Gasteiger partial charge is 0.494 e. The third kappa shape index (κ3) is 8.52. The van der Waals surface area contributed by atoms with Crippen LogP contribution in [-0.4, -0.2) is 39.5 Å². The molecule has 0 unspecified atom stereocenters. The molecule has 2 aromatic carbocycles. The van der Waals surface area contributed by atoms with Crippen LogP contribution < -0.4 is 10.1 Å². The Hall–Kier alpha value is -2.41. The summed E-state index contributed by atoms with van der Waals surface area (Å²) in [6.07, 6.45) is 4.99. The van der Waals surface area contributed by atoms with Gasteiger partial charge in [-0.15, -0.1) is 0 Å². The number of sulfone groups is 1. The van der Waals surface area contributed by atoms with Gasteiger partial charge in [-0.1, -0.05) is 12.1 Å². The number of amides is 1. The highest BCUT2D eigenvalue weighted by molar-refractivity contribution is 7.90. The average molecular weight is 408 g/mol. The second kappa shape index (κ2) is 10.8. The van der Waals surface area contributed by atoms with Crippen molar-refractivity contribution < 1.29 is 22.3 Å². The van der Waals surface area contributed by atoms with E-state index in [2.05, 4.69) is 5.32 Å². The Kier molecular flexibility index (Phi) is 8.44. The van der Waals surface area contributed by atoms with Crippen LogP contribution >= 0.6 is 0 Å². The summed E-state index contributed by atoms with van der Waals surface area (Å²) in [7, 11) is -3.09. The van der Waals surface area contributed by atoms with Crippen LogP contribution in [0, 0.1) is 5.82 Å². The van der Waals surface area contributed by atoms with Crippen molar-refractivity contribution >= 4 is 15.7 Å². The quantitative estimate of drug-likeness (QED) is 0.580. The van der Waals surface area contributed by atoms with Gasteiger partial charge in [-0.25, -0.2) is 12.8 Å². The van der Waals surface area contributed by atoms with Crippen LogP contribution in [0.25, 0.3) is 0 Å². The second-order valence-corrected chi connectivity index (χ2v) is 8.96. The van der Waals surface area contributed by atoms with E-state index in [1.165, 1.54) is 12.1 Å². The third-order valence-electron chi connectivity index (χ3n) is 4.17. The highest BCUT2D eigenvalue weighted by Gasteiger charge is 2.07. The van der Waals surface area contributed by atoms with Gasteiger partial charge in [-0.05, 0) is 67.6 Å². The van der Waals surface area contributed by atoms with E-state index in [1.54, 1.807) is 24.3 Å². The number of hydrogen-bond donors (Lipinski definition) is 1. The molecule has 152 valence electrons. The Morgan fingerprint density at radius 2 is 1.68 bits per heavy atom. The number of halogens is 1. The van der Waals surface area contributed by atoms with Gasteiger partial charge >= 0.3 is 0 Å². The Bertz CT molecular complexity index is 849. The van der Waals surface area contributed by atoms with Crippen LogP contribution in [0.4, 0.5) is 4.39 Å². The van der Waals surface area contributed by atoms with Gasteiger partial charge in [-0.3, -0.25) is 4.79 Å². The maximum absolute atomic E-state index is 12.8. The van der Waals surface area contributed by atoms with E-state index in [4.69, 9.17) is 4.74 Å². The molecule has 0 atom stereocenters. The minimum Gasteiger partial charge on any atom is -0.494 e. The first-order valence-electron chi connectivity index (χ1n) is 9.27. The number of hydrogen-bond acceptors (Lipinski definition) is 4. The zero-order valence-electron chi connectivity index (χ0n) is 16.0. The van der Waals surface area contributed by atoms with E-state index in [9.17, 15) is 17.6 Å². The van der Waals surface area contributed by atoms with Crippen LogP contribution in [0.3, 0.4) is 0 Å². The third-order valence-corrected chi connectivity index (χ3v) is 5.11. The van der Waals surface area contributed by atoms with Crippen molar-refractivity contribution in [2.45, 2.75) is 25.7 Å². The highest BCUT2D eigenvalue weighted by Crippen LogP contribution is 2.13. The van der Waals surface area contributed by atoms with E-state index in [-0.39, 0.29) is 24.0 Å². The minimum absolute atomic E-state index is 0.0822. The van der Waals surface area contributed by atoms with E-state index >= 15 is 0 Å². The summed E-state index contributed by atoms with van der Waals surface area (Å²) < 4.78 is 40.6. The van der Waals surface area contributed by atoms with Gasteiger partial charge in [-0.2, -0.15) is 0 Å². The summed E-state index contributed by atoms with van der Waals surface area (Å²) in [5.74, 6) is 0.0814. The molecule has 0 spiro atoms. The molecule has 5 nitrogen and oxygen atoms in total. The van der Waals surface area contributed by atoms with Gasteiger partial charge in [0.05, 0.1) is 12.4 Å². The normalized spacial score (nSPS) is 11.2. The molecule has 0 aliphatic rings. The summed E-state index contributed by atoms with van der Waals surface area (Å²) in [6.45, 7) is 0.678. The molecule has 2 aromatic rings. The van der Waals surface area contributed by atoms with Crippen LogP contribution in [-0.2, 0) is 16.3 Å². The molecule has 0 aliphatic heterocycles. The Morgan fingerprint density at radius 1 is 1.00 bits per heavy atom. The number of carbonyl (C=O) groups is 1. The number of benzene rings is 2. The first-order chi connectivity index (χ1) is 13.3. The molecule has 2 rings (SSSR count). The summed E-state index contributed by atoms with van der Waals surface area (Å²) >= 11 is 0. The molecule has 0 bridgehead atoms. The zero-order chi connectivity index (χ0) is 20.4. The van der Waals surface area contributed by atoms with Gasteiger partial charge in [0.2, 0.25) is 0 Å². The number of carbonyl (C=O) groups excluding carboxylic acids is 1. The predicted octanol–water partition coefficient (Wildman–Crippen LogP) is 3.39. The first kappa shape index (κ1) is 21.9. The first-order valence-corrected chi connectivity index (χ1v) is 11.3. The van der Waals surface area contributed by atoms with Crippen molar-refractivity contribution in [1.29, 1.82) is 0 Å². The lowest BCUT2D eigenvalue weighted by Gasteiger charge is -2.08. The molecule has 28 heavy (non-hydrogen) atoms. The molecule has 7 heteroatoms. The number of nitrogens with one attached hydrogen (secondary N) is 1. The fraction of sp³-hybridized carbons (Fsp3) is 0.381. The van der Waals surface area contributed by atoms with Gasteiger partial charge in [0, 0.05) is 18.4 Å². The molecular weight excluding hydrogens is 381 g/mol. The molecule has 0 saturated heterocycles. The SMILES string of the molecule is CS(=O)(=O)CCNC(=O)c1ccc(OCCCCCc2ccc(F)cc2)cc1. The lowest BCUT2D eigenvalue weighted by atomic mass is 10.1. The Labute approximate surface area is 165 Å².